The summed E-state index contributed by atoms with van der Waals surface area (Å²) < 4.78 is 26.3. The molecule has 0 aromatic heterocycles. The van der Waals surface area contributed by atoms with Gasteiger partial charge in [0, 0.05) is 33.2 Å². The fourth-order valence-corrected chi connectivity index (χ4v) is 2.42. The Hall–Kier alpha value is 0.120. The summed E-state index contributed by atoms with van der Waals surface area (Å²) in [5.41, 5.74) is 5.42. The molecule has 1 atom stereocenters. The highest BCUT2D eigenvalue weighted by molar-refractivity contribution is 7.86. The maximum atomic E-state index is 11.8. The van der Waals surface area contributed by atoms with E-state index in [1.54, 1.807) is 21.0 Å². The lowest BCUT2D eigenvalue weighted by Crippen LogP contribution is -2.46. The van der Waals surface area contributed by atoms with Gasteiger partial charge in [-0.05, 0) is 13.3 Å². The molecule has 0 spiro atoms. The average Bonchev–Trinajstić information content (AvgIpc) is 2.15. The molecule has 5 nitrogen and oxygen atoms in total. The Kier molecular flexibility index (Phi) is 8.64. The molecule has 0 rings (SSSR count). The Morgan fingerprint density at radius 1 is 1.33 bits per heavy atom. The maximum absolute atomic E-state index is 11.8. The zero-order valence-electron chi connectivity index (χ0n) is 9.80. The van der Waals surface area contributed by atoms with Crippen molar-refractivity contribution in [1.82, 2.24) is 8.61 Å². The first kappa shape index (κ1) is 17.5. The molecule has 0 saturated heterocycles. The molecule has 0 aliphatic carbocycles. The van der Waals surface area contributed by atoms with E-state index < -0.39 is 10.2 Å². The first-order valence-electron chi connectivity index (χ1n) is 4.77. The number of hydrogen-bond acceptors (Lipinski definition) is 3. The van der Waals surface area contributed by atoms with Gasteiger partial charge in [0.1, 0.15) is 0 Å². The first-order valence-corrected chi connectivity index (χ1v) is 6.17. The number of hydrogen-bond donors (Lipinski definition) is 1. The van der Waals surface area contributed by atoms with Crippen LogP contribution in [0.1, 0.15) is 20.3 Å². The molecule has 0 saturated carbocycles. The molecule has 0 amide bonds. The van der Waals surface area contributed by atoms with Crippen molar-refractivity contribution >= 4 is 22.6 Å². The lowest BCUT2D eigenvalue weighted by molar-refractivity contribution is 0.348. The van der Waals surface area contributed by atoms with Crippen LogP contribution in [-0.2, 0) is 10.2 Å². The summed E-state index contributed by atoms with van der Waals surface area (Å²) in [6.07, 6.45) is 0.806. The van der Waals surface area contributed by atoms with Gasteiger partial charge in [0.15, 0.2) is 0 Å². The van der Waals surface area contributed by atoms with Crippen LogP contribution in [0, 0.1) is 0 Å². The molecule has 0 aromatic carbocycles. The van der Waals surface area contributed by atoms with E-state index in [4.69, 9.17) is 5.73 Å². The molecule has 2 N–H and O–H groups in total. The van der Waals surface area contributed by atoms with E-state index in [-0.39, 0.29) is 18.4 Å². The Morgan fingerprint density at radius 2 is 1.80 bits per heavy atom. The Labute approximate surface area is 99.2 Å². The van der Waals surface area contributed by atoms with Gasteiger partial charge in [0.2, 0.25) is 0 Å². The summed E-state index contributed by atoms with van der Waals surface area (Å²) in [7, 11) is -0.189. The molecule has 0 aliphatic rings. The summed E-state index contributed by atoms with van der Waals surface area (Å²) >= 11 is 0. The zero-order valence-corrected chi connectivity index (χ0v) is 11.4. The number of halogens is 1. The highest BCUT2D eigenvalue weighted by atomic mass is 35.5. The van der Waals surface area contributed by atoms with Gasteiger partial charge in [0.25, 0.3) is 10.2 Å². The number of nitrogens with two attached hydrogens (primary N) is 1. The highest BCUT2D eigenvalue weighted by Crippen LogP contribution is 2.07. The summed E-state index contributed by atoms with van der Waals surface area (Å²) in [6, 6.07) is -0.167. The van der Waals surface area contributed by atoms with Crippen LogP contribution in [0.15, 0.2) is 0 Å². The monoisotopic (exact) mass is 259 g/mol. The third-order valence-electron chi connectivity index (χ3n) is 2.26. The molecule has 0 bridgehead atoms. The fraction of sp³-hybridized carbons (Fsp3) is 1.00. The van der Waals surface area contributed by atoms with Crippen LogP contribution in [0.4, 0.5) is 0 Å². The first-order chi connectivity index (χ1) is 6.37. The van der Waals surface area contributed by atoms with Crippen LogP contribution < -0.4 is 5.73 Å². The Balaban J connectivity index is 0. The van der Waals surface area contributed by atoms with Crippen LogP contribution in [0.25, 0.3) is 0 Å². The molecule has 7 heteroatoms. The van der Waals surface area contributed by atoms with Crippen LogP contribution in [0.5, 0.6) is 0 Å². The second-order valence-electron chi connectivity index (χ2n) is 3.43. The topological polar surface area (TPSA) is 66.6 Å². The number of nitrogens with zero attached hydrogens (tertiary/aromatic N) is 2. The van der Waals surface area contributed by atoms with Crippen molar-refractivity contribution < 1.29 is 8.42 Å². The molecule has 0 heterocycles. The van der Waals surface area contributed by atoms with Gasteiger partial charge in [-0.2, -0.15) is 17.0 Å². The smallest absolute Gasteiger partial charge is 0.281 e. The highest BCUT2D eigenvalue weighted by Gasteiger charge is 2.26. The molecular weight excluding hydrogens is 238 g/mol. The predicted octanol–water partition coefficient (Wildman–Crippen LogP) is 0.274. The van der Waals surface area contributed by atoms with Gasteiger partial charge >= 0.3 is 0 Å². The summed E-state index contributed by atoms with van der Waals surface area (Å²) in [5.74, 6) is 0. The fourth-order valence-electron chi connectivity index (χ4n) is 1.03. The number of likely N-dealkylation sites (N-methyl/N-ethyl adjacent to an activating group) is 1. The van der Waals surface area contributed by atoms with Gasteiger partial charge in [-0.3, -0.25) is 0 Å². The molecule has 0 aromatic rings. The standard InChI is InChI=1S/C8H21N3O2S.ClH/c1-5-6-10(3)14(12,13)11(4)8(2)7-9;/h8H,5-7,9H2,1-4H3;1H. The summed E-state index contributed by atoms with van der Waals surface area (Å²) in [5, 5.41) is 0. The van der Waals surface area contributed by atoms with Crippen molar-refractivity contribution in [3.63, 3.8) is 0 Å². The van der Waals surface area contributed by atoms with Gasteiger partial charge in [-0.15, -0.1) is 12.4 Å². The maximum Gasteiger partial charge on any atom is 0.281 e. The Morgan fingerprint density at radius 3 is 2.13 bits per heavy atom. The third kappa shape index (κ3) is 4.65. The third-order valence-corrected chi connectivity index (χ3v) is 4.32. The van der Waals surface area contributed by atoms with Crippen molar-refractivity contribution in [2.45, 2.75) is 26.3 Å². The van der Waals surface area contributed by atoms with Crippen LogP contribution in [0.2, 0.25) is 0 Å². The predicted molar refractivity (Wildman–Crippen MR) is 65.4 cm³/mol. The van der Waals surface area contributed by atoms with E-state index in [9.17, 15) is 8.42 Å². The quantitative estimate of drug-likeness (QED) is 0.745. The van der Waals surface area contributed by atoms with E-state index in [1.165, 1.54) is 8.61 Å². The molecule has 0 aliphatic heterocycles. The van der Waals surface area contributed by atoms with Gasteiger partial charge < -0.3 is 5.73 Å². The van der Waals surface area contributed by atoms with Crippen molar-refractivity contribution in [3.8, 4) is 0 Å². The van der Waals surface area contributed by atoms with Gasteiger partial charge in [0.05, 0.1) is 0 Å². The van der Waals surface area contributed by atoms with Gasteiger partial charge in [-0.25, -0.2) is 0 Å². The largest absolute Gasteiger partial charge is 0.329 e. The SMILES string of the molecule is CCCN(C)S(=O)(=O)N(C)C(C)CN.Cl. The minimum absolute atomic E-state index is 0. The summed E-state index contributed by atoms with van der Waals surface area (Å²) in [4.78, 5) is 0. The second-order valence-corrected chi connectivity index (χ2v) is 5.53. The van der Waals surface area contributed by atoms with E-state index in [2.05, 4.69) is 0 Å². The van der Waals surface area contributed by atoms with E-state index in [1.807, 2.05) is 6.92 Å². The number of rotatable bonds is 6. The molecular formula is C8H22ClN3O2S. The van der Waals surface area contributed by atoms with E-state index >= 15 is 0 Å². The van der Waals surface area contributed by atoms with Crippen molar-refractivity contribution in [3.05, 3.63) is 0 Å². The van der Waals surface area contributed by atoms with Gasteiger partial charge in [-0.1, -0.05) is 6.92 Å². The van der Waals surface area contributed by atoms with Crippen molar-refractivity contribution in [2.75, 3.05) is 27.2 Å². The van der Waals surface area contributed by atoms with Crippen LogP contribution in [0.3, 0.4) is 0 Å². The van der Waals surface area contributed by atoms with Crippen LogP contribution >= 0.6 is 12.4 Å². The van der Waals surface area contributed by atoms with Crippen molar-refractivity contribution in [1.29, 1.82) is 0 Å². The molecule has 0 radical (unpaired) electrons. The average molecular weight is 260 g/mol. The molecule has 15 heavy (non-hydrogen) atoms. The van der Waals surface area contributed by atoms with Crippen LogP contribution in [-0.4, -0.2) is 50.3 Å². The zero-order chi connectivity index (χ0) is 11.4. The summed E-state index contributed by atoms with van der Waals surface area (Å²) in [6.45, 7) is 4.59. The lowest BCUT2D eigenvalue weighted by Gasteiger charge is -2.27. The molecule has 1 unspecified atom stereocenters. The van der Waals surface area contributed by atoms with E-state index in [0.717, 1.165) is 6.42 Å². The molecule has 0 fully saturated rings. The second kappa shape index (κ2) is 7.40. The lowest BCUT2D eigenvalue weighted by atomic mass is 10.4. The minimum Gasteiger partial charge on any atom is -0.329 e. The minimum atomic E-state index is -3.33. The van der Waals surface area contributed by atoms with Crippen molar-refractivity contribution in [2.24, 2.45) is 5.73 Å². The van der Waals surface area contributed by atoms with E-state index in [0.29, 0.717) is 13.1 Å². The molecule has 94 valence electrons. The normalized spacial score (nSPS) is 14.1. The Bertz CT molecular complexity index is 259.